The molecule has 0 aliphatic heterocycles. The van der Waals surface area contributed by atoms with Gasteiger partial charge in [-0.2, -0.15) is 0 Å². The molecule has 0 aromatic carbocycles. The average molecular weight is 196 g/mol. The highest BCUT2D eigenvalue weighted by Crippen LogP contribution is 2.04. The van der Waals surface area contributed by atoms with Crippen LogP contribution in [0.25, 0.3) is 0 Å². The molecule has 4 nitrogen and oxygen atoms in total. The van der Waals surface area contributed by atoms with Crippen LogP contribution in [0.5, 0.6) is 0 Å². The quantitative estimate of drug-likeness (QED) is 0.777. The number of aliphatic carboxylic acids is 1. The molecule has 0 atom stereocenters. The van der Waals surface area contributed by atoms with Gasteiger partial charge in [0.2, 0.25) is 0 Å². The average Bonchev–Trinajstić information content (AvgIpc) is 2.47. The standard InChI is InChI=1S/C10H16N2O2/c1-8(2)3-4-12-6-9(11-7-12)5-10(13)14/h6-8H,3-5H2,1-2H3,(H,13,14). The molecule has 0 radical (unpaired) electrons. The van der Waals surface area contributed by atoms with Crippen LogP contribution >= 0.6 is 0 Å². The van der Waals surface area contributed by atoms with Gasteiger partial charge in [-0.25, -0.2) is 4.98 Å². The zero-order chi connectivity index (χ0) is 10.6. The molecule has 0 aliphatic rings. The number of carboxylic acid groups (broad SMARTS) is 1. The molecule has 0 amide bonds. The van der Waals surface area contributed by atoms with Crippen LogP contribution in [0.15, 0.2) is 12.5 Å². The number of imidazole rings is 1. The largest absolute Gasteiger partial charge is 0.481 e. The number of hydrogen-bond donors (Lipinski definition) is 1. The van der Waals surface area contributed by atoms with Crippen molar-refractivity contribution >= 4 is 5.97 Å². The number of aromatic nitrogens is 2. The molecule has 4 heteroatoms. The smallest absolute Gasteiger partial charge is 0.309 e. The van der Waals surface area contributed by atoms with Crippen LogP contribution in [0.4, 0.5) is 0 Å². The lowest BCUT2D eigenvalue weighted by molar-refractivity contribution is -0.136. The zero-order valence-corrected chi connectivity index (χ0v) is 8.60. The van der Waals surface area contributed by atoms with Crippen LogP contribution in [-0.2, 0) is 17.8 Å². The van der Waals surface area contributed by atoms with Gasteiger partial charge >= 0.3 is 5.97 Å². The van der Waals surface area contributed by atoms with Gasteiger partial charge in [0.15, 0.2) is 0 Å². The molecule has 0 saturated carbocycles. The summed E-state index contributed by atoms with van der Waals surface area (Å²) >= 11 is 0. The summed E-state index contributed by atoms with van der Waals surface area (Å²) in [5.41, 5.74) is 0.626. The molecule has 0 unspecified atom stereocenters. The first-order valence-corrected chi connectivity index (χ1v) is 4.80. The summed E-state index contributed by atoms with van der Waals surface area (Å²) in [6.45, 7) is 5.23. The minimum absolute atomic E-state index is 0.00861. The summed E-state index contributed by atoms with van der Waals surface area (Å²) < 4.78 is 1.94. The number of rotatable bonds is 5. The van der Waals surface area contributed by atoms with E-state index in [-0.39, 0.29) is 6.42 Å². The molecule has 0 saturated heterocycles. The summed E-state index contributed by atoms with van der Waals surface area (Å²) in [6, 6.07) is 0. The molecule has 1 aromatic rings. The van der Waals surface area contributed by atoms with E-state index in [0.29, 0.717) is 11.6 Å². The Morgan fingerprint density at radius 3 is 2.93 bits per heavy atom. The van der Waals surface area contributed by atoms with Crippen LogP contribution < -0.4 is 0 Å². The Kier molecular flexibility index (Phi) is 3.68. The second kappa shape index (κ2) is 4.79. The molecule has 0 aliphatic carbocycles. The van der Waals surface area contributed by atoms with E-state index in [4.69, 9.17) is 5.11 Å². The fourth-order valence-corrected chi connectivity index (χ4v) is 1.18. The highest BCUT2D eigenvalue weighted by Gasteiger charge is 2.04. The van der Waals surface area contributed by atoms with Gasteiger partial charge in [-0.3, -0.25) is 4.79 Å². The van der Waals surface area contributed by atoms with E-state index in [9.17, 15) is 4.79 Å². The van der Waals surface area contributed by atoms with E-state index in [1.165, 1.54) is 0 Å². The van der Waals surface area contributed by atoms with Crippen molar-refractivity contribution in [2.45, 2.75) is 33.2 Å². The molecule has 1 aromatic heterocycles. The normalized spacial score (nSPS) is 10.8. The molecule has 14 heavy (non-hydrogen) atoms. The predicted octanol–water partition coefficient (Wildman–Crippen LogP) is 1.56. The number of aryl methyl sites for hydroxylation is 1. The predicted molar refractivity (Wildman–Crippen MR) is 53.0 cm³/mol. The fourth-order valence-electron chi connectivity index (χ4n) is 1.18. The lowest BCUT2D eigenvalue weighted by atomic mass is 10.1. The lowest BCUT2D eigenvalue weighted by Gasteiger charge is -2.04. The van der Waals surface area contributed by atoms with E-state index < -0.39 is 5.97 Å². The third-order valence-electron chi connectivity index (χ3n) is 1.98. The summed E-state index contributed by atoms with van der Waals surface area (Å²) in [4.78, 5) is 14.4. The fraction of sp³-hybridized carbons (Fsp3) is 0.600. The van der Waals surface area contributed by atoms with E-state index in [2.05, 4.69) is 18.8 Å². The van der Waals surface area contributed by atoms with E-state index in [1.807, 2.05) is 4.57 Å². The maximum absolute atomic E-state index is 10.4. The minimum Gasteiger partial charge on any atom is -0.481 e. The van der Waals surface area contributed by atoms with Gasteiger partial charge in [0.1, 0.15) is 0 Å². The zero-order valence-electron chi connectivity index (χ0n) is 8.60. The SMILES string of the molecule is CC(C)CCn1cnc(CC(=O)O)c1. The molecule has 0 spiro atoms. The van der Waals surface area contributed by atoms with Crippen molar-refractivity contribution in [2.75, 3.05) is 0 Å². The highest BCUT2D eigenvalue weighted by atomic mass is 16.4. The van der Waals surface area contributed by atoms with E-state index in [0.717, 1.165) is 13.0 Å². The lowest BCUT2D eigenvalue weighted by Crippen LogP contribution is -2.01. The topological polar surface area (TPSA) is 55.1 Å². The summed E-state index contributed by atoms with van der Waals surface area (Å²) in [7, 11) is 0. The Morgan fingerprint density at radius 1 is 1.64 bits per heavy atom. The second-order valence-electron chi connectivity index (χ2n) is 3.86. The van der Waals surface area contributed by atoms with Gasteiger partial charge in [-0.15, -0.1) is 0 Å². The molecule has 78 valence electrons. The Hall–Kier alpha value is -1.32. The van der Waals surface area contributed by atoms with Crippen molar-refractivity contribution < 1.29 is 9.90 Å². The Labute approximate surface area is 83.6 Å². The molecule has 1 heterocycles. The van der Waals surface area contributed by atoms with Crippen molar-refractivity contribution in [3.05, 3.63) is 18.2 Å². The number of hydrogen-bond acceptors (Lipinski definition) is 2. The Balaban J connectivity index is 2.46. The molecular weight excluding hydrogens is 180 g/mol. The van der Waals surface area contributed by atoms with Crippen molar-refractivity contribution in [3.8, 4) is 0 Å². The first-order chi connectivity index (χ1) is 6.58. The summed E-state index contributed by atoms with van der Waals surface area (Å²) in [5, 5.41) is 8.55. The number of carbonyl (C=O) groups is 1. The van der Waals surface area contributed by atoms with Crippen LogP contribution in [-0.4, -0.2) is 20.6 Å². The third kappa shape index (κ3) is 3.60. The van der Waals surface area contributed by atoms with Gasteiger partial charge in [0.25, 0.3) is 0 Å². The van der Waals surface area contributed by atoms with E-state index in [1.54, 1.807) is 12.5 Å². The van der Waals surface area contributed by atoms with Gasteiger partial charge in [0, 0.05) is 12.7 Å². The maximum atomic E-state index is 10.4. The van der Waals surface area contributed by atoms with E-state index >= 15 is 0 Å². The first kappa shape index (κ1) is 10.8. The van der Waals surface area contributed by atoms with Crippen LogP contribution in [0.3, 0.4) is 0 Å². The summed E-state index contributed by atoms with van der Waals surface area (Å²) in [5.74, 6) is -0.181. The van der Waals surface area contributed by atoms with Crippen molar-refractivity contribution in [2.24, 2.45) is 5.92 Å². The molecule has 1 rings (SSSR count). The van der Waals surface area contributed by atoms with Crippen molar-refractivity contribution in [1.82, 2.24) is 9.55 Å². The molecule has 0 bridgehead atoms. The van der Waals surface area contributed by atoms with Crippen LogP contribution in [0, 0.1) is 5.92 Å². The monoisotopic (exact) mass is 196 g/mol. The van der Waals surface area contributed by atoms with Gasteiger partial charge in [0.05, 0.1) is 18.4 Å². The second-order valence-corrected chi connectivity index (χ2v) is 3.86. The van der Waals surface area contributed by atoms with Crippen LogP contribution in [0.2, 0.25) is 0 Å². The first-order valence-electron chi connectivity index (χ1n) is 4.80. The Morgan fingerprint density at radius 2 is 2.36 bits per heavy atom. The van der Waals surface area contributed by atoms with Crippen molar-refractivity contribution in [3.63, 3.8) is 0 Å². The third-order valence-corrected chi connectivity index (χ3v) is 1.98. The van der Waals surface area contributed by atoms with Gasteiger partial charge in [-0.1, -0.05) is 13.8 Å². The number of carboxylic acids is 1. The van der Waals surface area contributed by atoms with Crippen molar-refractivity contribution in [1.29, 1.82) is 0 Å². The van der Waals surface area contributed by atoms with Gasteiger partial charge in [-0.05, 0) is 12.3 Å². The molecule has 0 fully saturated rings. The summed E-state index contributed by atoms with van der Waals surface area (Å²) in [6.07, 6.45) is 4.59. The Bertz CT molecular complexity index is 305. The highest BCUT2D eigenvalue weighted by molar-refractivity contribution is 5.69. The minimum atomic E-state index is -0.834. The maximum Gasteiger partial charge on any atom is 0.309 e. The number of nitrogens with zero attached hydrogens (tertiary/aromatic N) is 2. The van der Waals surface area contributed by atoms with Gasteiger partial charge < -0.3 is 9.67 Å². The molecule has 1 N–H and O–H groups in total. The molecular formula is C10H16N2O2. The van der Waals surface area contributed by atoms with Crippen LogP contribution in [0.1, 0.15) is 26.0 Å².